The molecule has 0 saturated carbocycles. The summed E-state index contributed by atoms with van der Waals surface area (Å²) in [5.74, 6) is 0.621. The highest BCUT2D eigenvalue weighted by atomic mass is 16.1. The van der Waals surface area contributed by atoms with Crippen molar-refractivity contribution in [3.05, 3.63) is 83.7 Å². The summed E-state index contributed by atoms with van der Waals surface area (Å²) in [6.45, 7) is 6.31. The van der Waals surface area contributed by atoms with Gasteiger partial charge in [-0.1, -0.05) is 56.3 Å². The van der Waals surface area contributed by atoms with Crippen molar-refractivity contribution >= 4 is 17.5 Å². The minimum absolute atomic E-state index is 0.0353. The second kappa shape index (κ2) is 8.45. The number of aromatic nitrogens is 2. The molecular weight excluding hydrogens is 336 g/mol. The number of anilines is 2. The fraction of sp³-hybridized carbons (Fsp3) is 0.227. The SMILES string of the molecule is CC(C)c1ccc(NC(=O)c2ccnc(NC(C)c3ccccc3)n2)cc1. The largest absolute Gasteiger partial charge is 0.348 e. The Kier molecular flexibility index (Phi) is 5.81. The molecule has 1 aromatic heterocycles. The molecule has 1 heterocycles. The van der Waals surface area contributed by atoms with Gasteiger partial charge in [0.1, 0.15) is 5.69 Å². The highest BCUT2D eigenvalue weighted by Gasteiger charge is 2.12. The smallest absolute Gasteiger partial charge is 0.274 e. The molecule has 27 heavy (non-hydrogen) atoms. The van der Waals surface area contributed by atoms with Gasteiger partial charge in [0, 0.05) is 11.9 Å². The van der Waals surface area contributed by atoms with Crippen LogP contribution in [0.15, 0.2) is 66.9 Å². The van der Waals surface area contributed by atoms with Crippen molar-refractivity contribution in [3.63, 3.8) is 0 Å². The van der Waals surface area contributed by atoms with E-state index in [1.54, 1.807) is 12.3 Å². The zero-order valence-corrected chi connectivity index (χ0v) is 15.8. The lowest BCUT2D eigenvalue weighted by Crippen LogP contribution is -2.16. The maximum atomic E-state index is 12.5. The molecule has 0 bridgehead atoms. The third kappa shape index (κ3) is 4.91. The van der Waals surface area contributed by atoms with E-state index in [9.17, 15) is 4.79 Å². The lowest BCUT2D eigenvalue weighted by Gasteiger charge is -2.14. The molecule has 0 aliphatic carbocycles. The zero-order valence-electron chi connectivity index (χ0n) is 15.8. The van der Waals surface area contributed by atoms with Gasteiger partial charge in [0.25, 0.3) is 5.91 Å². The first kappa shape index (κ1) is 18.6. The molecule has 1 unspecified atom stereocenters. The Morgan fingerprint density at radius 2 is 1.59 bits per heavy atom. The number of amides is 1. The minimum Gasteiger partial charge on any atom is -0.348 e. The van der Waals surface area contributed by atoms with E-state index >= 15 is 0 Å². The molecule has 5 heteroatoms. The number of nitrogens with one attached hydrogen (secondary N) is 2. The van der Waals surface area contributed by atoms with Gasteiger partial charge in [0.05, 0.1) is 6.04 Å². The Morgan fingerprint density at radius 1 is 0.889 bits per heavy atom. The second-order valence-corrected chi connectivity index (χ2v) is 6.77. The quantitative estimate of drug-likeness (QED) is 0.647. The van der Waals surface area contributed by atoms with Crippen molar-refractivity contribution in [1.29, 1.82) is 0 Å². The molecule has 2 N–H and O–H groups in total. The van der Waals surface area contributed by atoms with Crippen molar-refractivity contribution in [2.24, 2.45) is 0 Å². The van der Waals surface area contributed by atoms with Crippen molar-refractivity contribution in [2.45, 2.75) is 32.7 Å². The van der Waals surface area contributed by atoms with Gasteiger partial charge in [0.2, 0.25) is 5.95 Å². The standard InChI is InChI=1S/C22H24N4O/c1-15(2)17-9-11-19(12-10-17)25-21(27)20-13-14-23-22(26-20)24-16(3)18-7-5-4-6-8-18/h4-16H,1-3H3,(H,25,27)(H,23,24,26). The lowest BCUT2D eigenvalue weighted by molar-refractivity contribution is 0.102. The monoisotopic (exact) mass is 360 g/mol. The normalized spacial score (nSPS) is 11.9. The van der Waals surface area contributed by atoms with E-state index in [1.165, 1.54) is 5.56 Å². The van der Waals surface area contributed by atoms with Crippen molar-refractivity contribution in [1.82, 2.24) is 9.97 Å². The number of rotatable bonds is 6. The van der Waals surface area contributed by atoms with Crippen molar-refractivity contribution < 1.29 is 4.79 Å². The predicted octanol–water partition coefficient (Wildman–Crippen LogP) is 5.03. The van der Waals surface area contributed by atoms with Gasteiger partial charge in [-0.3, -0.25) is 4.79 Å². The number of nitrogens with zero attached hydrogens (tertiary/aromatic N) is 2. The van der Waals surface area contributed by atoms with Crippen molar-refractivity contribution in [2.75, 3.05) is 10.6 Å². The van der Waals surface area contributed by atoms with E-state index in [1.807, 2.05) is 61.5 Å². The lowest BCUT2D eigenvalue weighted by atomic mass is 10.0. The molecule has 1 atom stereocenters. The van der Waals surface area contributed by atoms with Crippen LogP contribution in [0.3, 0.4) is 0 Å². The van der Waals surface area contributed by atoms with E-state index in [-0.39, 0.29) is 11.9 Å². The summed E-state index contributed by atoms with van der Waals surface area (Å²) in [5, 5.41) is 6.11. The molecule has 2 aromatic carbocycles. The van der Waals surface area contributed by atoms with E-state index < -0.39 is 0 Å². The summed E-state index contributed by atoms with van der Waals surface area (Å²) in [4.78, 5) is 21.1. The summed E-state index contributed by atoms with van der Waals surface area (Å²) in [6.07, 6.45) is 1.59. The third-order valence-electron chi connectivity index (χ3n) is 4.37. The van der Waals surface area contributed by atoms with Crippen LogP contribution in [-0.4, -0.2) is 15.9 Å². The molecule has 0 aliphatic rings. The predicted molar refractivity (Wildman–Crippen MR) is 109 cm³/mol. The Hall–Kier alpha value is -3.21. The number of carbonyl (C=O) groups excluding carboxylic acids is 1. The first-order valence-electron chi connectivity index (χ1n) is 9.09. The van der Waals surface area contributed by atoms with Crippen LogP contribution in [0.25, 0.3) is 0 Å². The number of carbonyl (C=O) groups is 1. The first-order valence-corrected chi connectivity index (χ1v) is 9.09. The Bertz CT molecular complexity index is 892. The van der Waals surface area contributed by atoms with Gasteiger partial charge in [-0.25, -0.2) is 9.97 Å². The average molecular weight is 360 g/mol. The Morgan fingerprint density at radius 3 is 2.26 bits per heavy atom. The topological polar surface area (TPSA) is 66.9 Å². The van der Waals surface area contributed by atoms with Crippen LogP contribution in [0.4, 0.5) is 11.6 Å². The maximum absolute atomic E-state index is 12.5. The van der Waals surface area contributed by atoms with E-state index in [0.717, 1.165) is 11.3 Å². The average Bonchev–Trinajstić information content (AvgIpc) is 2.69. The molecule has 0 saturated heterocycles. The third-order valence-corrected chi connectivity index (χ3v) is 4.37. The fourth-order valence-electron chi connectivity index (χ4n) is 2.72. The van der Waals surface area contributed by atoms with Gasteiger partial charge in [0.15, 0.2) is 0 Å². The van der Waals surface area contributed by atoms with E-state index in [2.05, 4.69) is 34.4 Å². The number of hydrogen-bond acceptors (Lipinski definition) is 4. The number of benzene rings is 2. The minimum atomic E-state index is -0.259. The maximum Gasteiger partial charge on any atom is 0.274 e. The highest BCUT2D eigenvalue weighted by Crippen LogP contribution is 2.18. The van der Waals surface area contributed by atoms with Gasteiger partial charge in [-0.05, 0) is 42.2 Å². The van der Waals surface area contributed by atoms with Crippen LogP contribution in [0, 0.1) is 0 Å². The number of hydrogen-bond donors (Lipinski definition) is 2. The Balaban J connectivity index is 1.68. The molecule has 0 radical (unpaired) electrons. The van der Waals surface area contributed by atoms with Gasteiger partial charge in [-0.15, -0.1) is 0 Å². The van der Waals surface area contributed by atoms with Crippen LogP contribution in [0.2, 0.25) is 0 Å². The zero-order chi connectivity index (χ0) is 19.2. The molecule has 138 valence electrons. The van der Waals surface area contributed by atoms with Gasteiger partial charge in [-0.2, -0.15) is 0 Å². The summed E-state index contributed by atoms with van der Waals surface area (Å²) >= 11 is 0. The van der Waals surface area contributed by atoms with E-state index in [4.69, 9.17) is 0 Å². The molecular formula is C22H24N4O. The first-order chi connectivity index (χ1) is 13.0. The molecule has 1 amide bonds. The summed E-state index contributed by atoms with van der Waals surface area (Å²) in [6, 6.07) is 19.5. The molecule has 5 nitrogen and oxygen atoms in total. The van der Waals surface area contributed by atoms with Crippen LogP contribution in [0.1, 0.15) is 54.3 Å². The van der Waals surface area contributed by atoms with Crippen LogP contribution >= 0.6 is 0 Å². The summed E-state index contributed by atoms with van der Waals surface area (Å²) in [5.41, 5.74) is 3.42. The summed E-state index contributed by atoms with van der Waals surface area (Å²) in [7, 11) is 0. The second-order valence-electron chi connectivity index (χ2n) is 6.77. The van der Waals surface area contributed by atoms with Crippen LogP contribution in [0.5, 0.6) is 0 Å². The molecule has 0 fully saturated rings. The van der Waals surface area contributed by atoms with E-state index in [0.29, 0.717) is 17.6 Å². The van der Waals surface area contributed by atoms with Gasteiger partial charge >= 0.3 is 0 Å². The molecule has 3 rings (SSSR count). The van der Waals surface area contributed by atoms with Crippen LogP contribution < -0.4 is 10.6 Å². The van der Waals surface area contributed by atoms with Crippen LogP contribution in [-0.2, 0) is 0 Å². The molecule has 0 aliphatic heterocycles. The Labute approximate surface area is 159 Å². The molecule has 0 spiro atoms. The highest BCUT2D eigenvalue weighted by molar-refractivity contribution is 6.02. The summed E-state index contributed by atoms with van der Waals surface area (Å²) < 4.78 is 0. The van der Waals surface area contributed by atoms with Gasteiger partial charge < -0.3 is 10.6 Å². The fourth-order valence-corrected chi connectivity index (χ4v) is 2.72. The molecule has 3 aromatic rings. The van der Waals surface area contributed by atoms with Crippen molar-refractivity contribution in [3.8, 4) is 0 Å².